The van der Waals surface area contributed by atoms with Crippen molar-refractivity contribution in [2.75, 3.05) is 31.1 Å². The van der Waals surface area contributed by atoms with E-state index >= 15 is 0 Å². The van der Waals surface area contributed by atoms with Crippen LogP contribution in [0.5, 0.6) is 0 Å². The van der Waals surface area contributed by atoms with Gasteiger partial charge in [0.15, 0.2) is 5.13 Å². The van der Waals surface area contributed by atoms with Crippen LogP contribution in [-0.2, 0) is 10.0 Å². The van der Waals surface area contributed by atoms with E-state index in [-0.39, 0.29) is 9.23 Å². The maximum atomic E-state index is 12.6. The molecule has 3 rings (SSSR count). The second kappa shape index (κ2) is 6.02. The lowest BCUT2D eigenvalue weighted by Gasteiger charge is -2.33. The van der Waals surface area contributed by atoms with Crippen LogP contribution in [0.4, 0.5) is 5.13 Å². The molecule has 1 saturated heterocycles. The van der Waals surface area contributed by atoms with Crippen molar-refractivity contribution in [3.63, 3.8) is 0 Å². The van der Waals surface area contributed by atoms with Gasteiger partial charge in [-0.1, -0.05) is 23.2 Å². The summed E-state index contributed by atoms with van der Waals surface area (Å²) in [6.45, 7) is 2.04. The summed E-state index contributed by atoms with van der Waals surface area (Å²) in [6, 6.07) is 1.41. The Labute approximate surface area is 140 Å². The van der Waals surface area contributed by atoms with Crippen molar-refractivity contribution in [1.29, 1.82) is 0 Å². The van der Waals surface area contributed by atoms with Crippen molar-refractivity contribution >= 4 is 61.0 Å². The Morgan fingerprint density at radius 1 is 1.19 bits per heavy atom. The number of anilines is 1. The molecule has 0 unspecified atom stereocenters. The zero-order valence-corrected chi connectivity index (χ0v) is 14.7. The van der Waals surface area contributed by atoms with Gasteiger partial charge in [-0.25, -0.2) is 13.4 Å². The molecule has 0 spiro atoms. The number of aromatic nitrogens is 1. The zero-order valence-electron chi connectivity index (χ0n) is 10.7. The van der Waals surface area contributed by atoms with Crippen LogP contribution in [-0.4, -0.2) is 43.9 Å². The van der Waals surface area contributed by atoms with E-state index in [1.807, 2.05) is 5.38 Å². The summed E-state index contributed by atoms with van der Waals surface area (Å²) in [5.41, 5.74) is 0. The maximum absolute atomic E-state index is 12.6. The summed E-state index contributed by atoms with van der Waals surface area (Å²) >= 11 is 14.4. The Morgan fingerprint density at radius 3 is 2.43 bits per heavy atom. The molecule has 5 nitrogen and oxygen atoms in total. The monoisotopic (exact) mass is 383 g/mol. The van der Waals surface area contributed by atoms with Crippen molar-refractivity contribution in [3.8, 4) is 0 Å². The average molecular weight is 384 g/mol. The van der Waals surface area contributed by atoms with Crippen LogP contribution in [0.3, 0.4) is 0 Å². The molecule has 0 aliphatic carbocycles. The molecule has 114 valence electrons. The summed E-state index contributed by atoms with van der Waals surface area (Å²) in [4.78, 5) is 6.42. The molecular weight excluding hydrogens is 373 g/mol. The Hall–Kier alpha value is -0.380. The Bertz CT molecular complexity index is 722. The van der Waals surface area contributed by atoms with Gasteiger partial charge >= 0.3 is 0 Å². The van der Waals surface area contributed by atoms with Crippen LogP contribution in [0.15, 0.2) is 22.5 Å². The van der Waals surface area contributed by atoms with E-state index in [1.165, 1.54) is 10.4 Å². The molecule has 0 amide bonds. The standard InChI is InChI=1S/C11H11Cl2N3O2S3/c12-9-7-8(10(13)20-9)21(17,18)16-4-2-15(3-5-16)11-14-1-6-19-11/h1,6-7H,2-5H2. The molecule has 1 fully saturated rings. The number of thiazole rings is 1. The second-order valence-electron chi connectivity index (χ2n) is 4.39. The molecule has 1 aliphatic rings. The van der Waals surface area contributed by atoms with Gasteiger partial charge in [-0.15, -0.1) is 22.7 Å². The van der Waals surface area contributed by atoms with E-state index in [0.29, 0.717) is 30.5 Å². The molecule has 10 heteroatoms. The summed E-state index contributed by atoms with van der Waals surface area (Å²) in [5, 5.41) is 2.83. The normalized spacial score (nSPS) is 17.3. The fourth-order valence-electron chi connectivity index (χ4n) is 2.13. The molecule has 2 aromatic heterocycles. The summed E-state index contributed by atoms with van der Waals surface area (Å²) in [5.74, 6) is 0. The van der Waals surface area contributed by atoms with E-state index in [1.54, 1.807) is 17.5 Å². The van der Waals surface area contributed by atoms with Crippen LogP contribution in [0.2, 0.25) is 8.67 Å². The predicted molar refractivity (Wildman–Crippen MR) is 87.4 cm³/mol. The highest BCUT2D eigenvalue weighted by molar-refractivity contribution is 7.89. The van der Waals surface area contributed by atoms with Gasteiger partial charge < -0.3 is 4.90 Å². The molecule has 0 bridgehead atoms. The minimum atomic E-state index is -3.58. The molecule has 21 heavy (non-hydrogen) atoms. The zero-order chi connectivity index (χ0) is 15.0. The number of halogens is 2. The SMILES string of the molecule is O=S(=O)(c1cc(Cl)sc1Cl)N1CCN(c2nccs2)CC1. The quantitative estimate of drug-likeness (QED) is 0.817. The average Bonchev–Trinajstić information content (AvgIpc) is 3.09. The van der Waals surface area contributed by atoms with E-state index in [2.05, 4.69) is 9.88 Å². The highest BCUT2D eigenvalue weighted by Crippen LogP contribution is 2.36. The second-order valence-corrected chi connectivity index (χ2v) is 9.46. The van der Waals surface area contributed by atoms with Crippen LogP contribution in [0, 0.1) is 0 Å². The summed E-state index contributed by atoms with van der Waals surface area (Å²) < 4.78 is 27.2. The third-order valence-electron chi connectivity index (χ3n) is 3.17. The highest BCUT2D eigenvalue weighted by Gasteiger charge is 2.31. The molecule has 0 N–H and O–H groups in total. The highest BCUT2D eigenvalue weighted by atomic mass is 35.5. The van der Waals surface area contributed by atoms with Gasteiger partial charge in [0.2, 0.25) is 10.0 Å². The van der Waals surface area contributed by atoms with Gasteiger partial charge in [-0.3, -0.25) is 0 Å². The topological polar surface area (TPSA) is 53.5 Å². The number of piperazine rings is 1. The first-order valence-corrected chi connectivity index (χ1v) is 9.97. The number of nitrogens with zero attached hydrogens (tertiary/aromatic N) is 3. The first kappa shape index (κ1) is 15.5. The smallest absolute Gasteiger partial charge is 0.245 e. The maximum Gasteiger partial charge on any atom is 0.245 e. The van der Waals surface area contributed by atoms with Crippen LogP contribution in [0.1, 0.15) is 0 Å². The van der Waals surface area contributed by atoms with E-state index < -0.39 is 10.0 Å². The number of thiophene rings is 1. The fraction of sp³-hybridized carbons (Fsp3) is 0.364. The minimum Gasteiger partial charge on any atom is -0.345 e. The van der Waals surface area contributed by atoms with Crippen molar-refractivity contribution in [1.82, 2.24) is 9.29 Å². The van der Waals surface area contributed by atoms with Crippen LogP contribution in [0.25, 0.3) is 0 Å². The Kier molecular flexibility index (Phi) is 4.45. The summed E-state index contributed by atoms with van der Waals surface area (Å²) in [7, 11) is -3.58. The van der Waals surface area contributed by atoms with Gasteiger partial charge in [0.25, 0.3) is 0 Å². The third-order valence-corrected chi connectivity index (χ3v) is 7.66. The fourth-order valence-corrected chi connectivity index (χ4v) is 6.36. The molecule has 2 aromatic rings. The molecule has 0 radical (unpaired) electrons. The van der Waals surface area contributed by atoms with E-state index in [0.717, 1.165) is 16.5 Å². The largest absolute Gasteiger partial charge is 0.345 e. The number of hydrogen-bond donors (Lipinski definition) is 0. The van der Waals surface area contributed by atoms with Crippen molar-refractivity contribution in [2.45, 2.75) is 4.90 Å². The molecule has 0 aromatic carbocycles. The van der Waals surface area contributed by atoms with Crippen LogP contribution >= 0.6 is 45.9 Å². The van der Waals surface area contributed by atoms with E-state index in [4.69, 9.17) is 23.2 Å². The minimum absolute atomic E-state index is 0.0989. The number of rotatable bonds is 3. The molecular formula is C11H11Cl2N3O2S3. The van der Waals surface area contributed by atoms with Crippen molar-refractivity contribution < 1.29 is 8.42 Å². The lowest BCUT2D eigenvalue weighted by Crippen LogP contribution is -2.48. The van der Waals surface area contributed by atoms with E-state index in [9.17, 15) is 8.42 Å². The van der Waals surface area contributed by atoms with Crippen molar-refractivity contribution in [3.05, 3.63) is 26.3 Å². The lowest BCUT2D eigenvalue weighted by atomic mass is 10.4. The Balaban J connectivity index is 1.76. The van der Waals surface area contributed by atoms with Crippen LogP contribution < -0.4 is 4.90 Å². The molecule has 1 aliphatic heterocycles. The van der Waals surface area contributed by atoms with Gasteiger partial charge in [0, 0.05) is 37.8 Å². The lowest BCUT2D eigenvalue weighted by molar-refractivity contribution is 0.385. The molecule has 3 heterocycles. The van der Waals surface area contributed by atoms with Gasteiger partial charge in [-0.05, 0) is 6.07 Å². The van der Waals surface area contributed by atoms with Gasteiger partial charge in [0.1, 0.15) is 9.23 Å². The summed E-state index contributed by atoms with van der Waals surface area (Å²) in [6.07, 6.45) is 1.75. The van der Waals surface area contributed by atoms with Crippen molar-refractivity contribution in [2.24, 2.45) is 0 Å². The number of sulfonamides is 1. The molecule has 0 atom stereocenters. The first-order valence-electron chi connectivity index (χ1n) is 6.08. The predicted octanol–water partition coefficient (Wildman–Crippen LogP) is 3.02. The van der Waals surface area contributed by atoms with Gasteiger partial charge in [-0.2, -0.15) is 4.31 Å². The third kappa shape index (κ3) is 3.06. The molecule has 0 saturated carbocycles. The first-order chi connectivity index (χ1) is 9.98. The Morgan fingerprint density at radius 2 is 1.90 bits per heavy atom. The number of hydrogen-bond acceptors (Lipinski definition) is 6. The van der Waals surface area contributed by atoms with Gasteiger partial charge in [0.05, 0.1) is 4.34 Å².